The number of allylic oxidation sites excluding steroid dienone is 1. The maximum Gasteiger partial charge on any atom is 0.182 e. The van der Waals surface area contributed by atoms with Crippen molar-refractivity contribution in [3.8, 4) is 0 Å². The van der Waals surface area contributed by atoms with Gasteiger partial charge in [0.1, 0.15) is 4.75 Å². The van der Waals surface area contributed by atoms with Gasteiger partial charge in [-0.25, -0.2) is 0 Å². The SMILES string of the molecule is CC1=C(C)C[C@]2(Cc3c(C)cccc3C2=O)S(=O)C1. The average Bonchev–Trinajstić information content (AvgIpc) is 2.64. The van der Waals surface area contributed by atoms with Crippen LogP contribution in [0.1, 0.15) is 41.8 Å². The third kappa shape index (κ3) is 1.68. The molecule has 0 saturated carbocycles. The van der Waals surface area contributed by atoms with Crippen LogP contribution in [0.5, 0.6) is 0 Å². The van der Waals surface area contributed by atoms with Crippen LogP contribution in [-0.4, -0.2) is 20.5 Å². The summed E-state index contributed by atoms with van der Waals surface area (Å²) in [5, 5.41) is 0. The molecule has 0 amide bonds. The van der Waals surface area contributed by atoms with Gasteiger partial charge in [-0.15, -0.1) is 0 Å². The highest BCUT2D eigenvalue weighted by molar-refractivity contribution is 7.87. The number of fused-ring (bicyclic) bond motifs is 1. The maximum absolute atomic E-state index is 12.8. The Morgan fingerprint density at radius 1 is 1.11 bits per heavy atom. The molecule has 2 atom stereocenters. The zero-order valence-electron chi connectivity index (χ0n) is 11.6. The molecule has 0 aromatic heterocycles. The molecule has 3 heteroatoms. The van der Waals surface area contributed by atoms with Gasteiger partial charge in [-0.3, -0.25) is 9.00 Å². The molecule has 100 valence electrons. The third-order valence-electron chi connectivity index (χ3n) is 4.59. The van der Waals surface area contributed by atoms with E-state index in [-0.39, 0.29) is 5.78 Å². The number of Topliss-reactive ketones (excluding diaryl/α,β-unsaturated/α-hetero) is 1. The Morgan fingerprint density at radius 3 is 2.53 bits per heavy atom. The summed E-state index contributed by atoms with van der Waals surface area (Å²) in [6.07, 6.45) is 1.30. The maximum atomic E-state index is 12.8. The fraction of sp³-hybridized carbons (Fsp3) is 0.438. The molecule has 3 rings (SSSR count). The topological polar surface area (TPSA) is 34.1 Å². The highest BCUT2D eigenvalue weighted by Gasteiger charge is 2.52. The summed E-state index contributed by atoms with van der Waals surface area (Å²) in [5.74, 6) is 0.640. The molecule has 1 aromatic carbocycles. The molecule has 2 nitrogen and oxygen atoms in total. The Balaban J connectivity index is 2.13. The van der Waals surface area contributed by atoms with Crippen molar-refractivity contribution in [2.24, 2.45) is 0 Å². The number of carbonyl (C=O) groups is 1. The van der Waals surface area contributed by atoms with Crippen molar-refractivity contribution in [3.05, 3.63) is 46.0 Å². The van der Waals surface area contributed by atoms with Gasteiger partial charge >= 0.3 is 0 Å². The van der Waals surface area contributed by atoms with E-state index in [4.69, 9.17) is 0 Å². The number of rotatable bonds is 0. The van der Waals surface area contributed by atoms with Gasteiger partial charge in [0.2, 0.25) is 0 Å². The Bertz CT molecular complexity index is 642. The van der Waals surface area contributed by atoms with Crippen LogP contribution in [0.4, 0.5) is 0 Å². The van der Waals surface area contributed by atoms with Gasteiger partial charge in [0.15, 0.2) is 5.78 Å². The molecule has 1 aromatic rings. The molecule has 0 N–H and O–H groups in total. The Hall–Kier alpha value is -1.22. The normalized spacial score (nSPS) is 30.1. The highest BCUT2D eigenvalue weighted by atomic mass is 32.2. The Labute approximate surface area is 116 Å². The van der Waals surface area contributed by atoms with Crippen LogP contribution >= 0.6 is 0 Å². The molecule has 1 heterocycles. The first-order valence-corrected chi connectivity index (χ1v) is 7.94. The summed E-state index contributed by atoms with van der Waals surface area (Å²) < 4.78 is 11.9. The fourth-order valence-electron chi connectivity index (χ4n) is 3.21. The smallest absolute Gasteiger partial charge is 0.182 e. The zero-order valence-corrected chi connectivity index (χ0v) is 12.4. The van der Waals surface area contributed by atoms with E-state index >= 15 is 0 Å². The van der Waals surface area contributed by atoms with Crippen LogP contribution in [0.25, 0.3) is 0 Å². The van der Waals surface area contributed by atoms with Gasteiger partial charge in [0.05, 0.1) is 0 Å². The second-order valence-corrected chi connectivity index (χ2v) is 7.59. The van der Waals surface area contributed by atoms with E-state index in [0.29, 0.717) is 18.6 Å². The molecule has 0 saturated heterocycles. The molecule has 1 unspecified atom stereocenters. The Kier molecular flexibility index (Phi) is 2.79. The minimum absolute atomic E-state index is 0.0939. The number of hydrogen-bond acceptors (Lipinski definition) is 2. The van der Waals surface area contributed by atoms with Crippen molar-refractivity contribution in [2.75, 3.05) is 5.75 Å². The molecule has 1 aliphatic heterocycles. The summed E-state index contributed by atoms with van der Waals surface area (Å²) >= 11 is 0. The summed E-state index contributed by atoms with van der Waals surface area (Å²) in [6.45, 7) is 6.12. The minimum atomic E-state index is -1.10. The van der Waals surface area contributed by atoms with E-state index in [9.17, 15) is 9.00 Å². The first-order valence-electron chi connectivity index (χ1n) is 6.63. The predicted octanol–water partition coefficient (Wildman–Crippen LogP) is 2.96. The molecule has 0 radical (unpaired) electrons. The molecule has 1 aliphatic carbocycles. The molecule has 2 aliphatic rings. The second-order valence-electron chi connectivity index (χ2n) is 5.83. The van der Waals surface area contributed by atoms with Crippen molar-refractivity contribution in [2.45, 2.75) is 38.4 Å². The van der Waals surface area contributed by atoms with Crippen molar-refractivity contribution in [1.82, 2.24) is 0 Å². The van der Waals surface area contributed by atoms with E-state index in [1.165, 1.54) is 11.1 Å². The summed E-state index contributed by atoms with van der Waals surface area (Å²) in [7, 11) is -1.10. The van der Waals surface area contributed by atoms with E-state index < -0.39 is 15.5 Å². The lowest BCUT2D eigenvalue weighted by molar-refractivity contribution is 0.0954. The average molecular weight is 274 g/mol. The van der Waals surface area contributed by atoms with E-state index in [2.05, 4.69) is 6.92 Å². The van der Waals surface area contributed by atoms with Gasteiger partial charge in [0, 0.05) is 22.1 Å². The predicted molar refractivity (Wildman–Crippen MR) is 77.9 cm³/mol. The summed E-state index contributed by atoms with van der Waals surface area (Å²) in [6, 6.07) is 5.84. The van der Waals surface area contributed by atoms with Crippen LogP contribution in [0.15, 0.2) is 29.3 Å². The number of carbonyl (C=O) groups excluding carboxylic acids is 1. The van der Waals surface area contributed by atoms with Crippen LogP contribution in [-0.2, 0) is 17.2 Å². The number of ketones is 1. The van der Waals surface area contributed by atoms with E-state index in [1.54, 1.807) is 0 Å². The summed E-state index contributed by atoms with van der Waals surface area (Å²) in [5.41, 5.74) is 5.46. The van der Waals surface area contributed by atoms with Crippen molar-refractivity contribution in [3.63, 3.8) is 0 Å². The van der Waals surface area contributed by atoms with Crippen molar-refractivity contribution >= 4 is 16.6 Å². The standard InChI is InChI=1S/C16H18O2S/c1-10-5-4-6-13-14(10)8-16(15(13)17)7-11(2)12(3)9-19(16)18/h4-6H,7-9H2,1-3H3/t16-,19?/m1/s1. The molecule has 0 bridgehead atoms. The van der Waals surface area contributed by atoms with Crippen LogP contribution in [0, 0.1) is 6.92 Å². The van der Waals surface area contributed by atoms with E-state index in [0.717, 1.165) is 16.7 Å². The lowest BCUT2D eigenvalue weighted by atomic mass is 9.92. The number of benzene rings is 1. The quantitative estimate of drug-likeness (QED) is 0.682. The minimum Gasteiger partial charge on any atom is -0.292 e. The van der Waals surface area contributed by atoms with Gasteiger partial charge in [-0.2, -0.15) is 0 Å². The van der Waals surface area contributed by atoms with Gasteiger partial charge in [-0.05, 0) is 44.7 Å². The van der Waals surface area contributed by atoms with E-state index in [1.807, 2.05) is 32.0 Å². The van der Waals surface area contributed by atoms with Crippen LogP contribution < -0.4 is 0 Å². The molecule has 1 spiro atoms. The fourth-order valence-corrected chi connectivity index (χ4v) is 5.12. The third-order valence-corrected chi connectivity index (χ3v) is 6.63. The van der Waals surface area contributed by atoms with Crippen LogP contribution in [0.2, 0.25) is 0 Å². The second kappa shape index (κ2) is 4.14. The monoisotopic (exact) mass is 274 g/mol. The van der Waals surface area contributed by atoms with Gasteiger partial charge in [-0.1, -0.05) is 29.3 Å². The molecule has 0 fully saturated rings. The van der Waals surface area contributed by atoms with Crippen LogP contribution in [0.3, 0.4) is 0 Å². The summed E-state index contributed by atoms with van der Waals surface area (Å²) in [4.78, 5) is 12.8. The number of aryl methyl sites for hydroxylation is 1. The lowest BCUT2D eigenvalue weighted by Crippen LogP contribution is -2.45. The largest absolute Gasteiger partial charge is 0.292 e. The zero-order chi connectivity index (χ0) is 13.8. The first-order chi connectivity index (χ1) is 8.95. The molecular formula is C16H18O2S. The first kappa shape index (κ1) is 12.8. The van der Waals surface area contributed by atoms with Gasteiger partial charge in [0.25, 0.3) is 0 Å². The Morgan fingerprint density at radius 2 is 1.84 bits per heavy atom. The van der Waals surface area contributed by atoms with Crippen molar-refractivity contribution < 1.29 is 9.00 Å². The lowest BCUT2D eigenvalue weighted by Gasteiger charge is -2.32. The van der Waals surface area contributed by atoms with Crippen molar-refractivity contribution in [1.29, 1.82) is 0 Å². The molecular weight excluding hydrogens is 256 g/mol. The molecule has 19 heavy (non-hydrogen) atoms. The number of hydrogen-bond donors (Lipinski definition) is 0. The highest BCUT2D eigenvalue weighted by Crippen LogP contribution is 2.43. The van der Waals surface area contributed by atoms with Gasteiger partial charge < -0.3 is 0 Å².